The number of nitrogens with zero attached hydrogens (tertiary/aromatic N) is 1. The molecule has 2 nitrogen and oxygen atoms in total. The van der Waals surface area contributed by atoms with Crippen LogP contribution in [-0.2, 0) is 5.54 Å². The van der Waals surface area contributed by atoms with E-state index in [2.05, 4.69) is 0 Å². The number of nitrogens with two attached hydrogens (primary N) is 1. The SMILES string of the molecule is CN1C[C@@](N)(c2ccccc2)C1=S. The van der Waals surface area contributed by atoms with Gasteiger partial charge in [0.2, 0.25) is 0 Å². The lowest BCUT2D eigenvalue weighted by Gasteiger charge is -2.47. The first-order chi connectivity index (χ1) is 6.14. The number of thiocarbonyl (C=S) groups is 1. The molecule has 0 spiro atoms. The topological polar surface area (TPSA) is 29.3 Å². The molecule has 1 aliphatic heterocycles. The van der Waals surface area contributed by atoms with E-state index in [0.717, 1.165) is 17.1 Å². The Bertz CT molecular complexity index is 336. The van der Waals surface area contributed by atoms with Crippen molar-refractivity contribution in [2.24, 2.45) is 5.73 Å². The van der Waals surface area contributed by atoms with Crippen LogP contribution in [0, 0.1) is 0 Å². The molecule has 1 aromatic carbocycles. The fraction of sp³-hybridized carbons (Fsp3) is 0.300. The molecule has 0 aliphatic carbocycles. The second-order valence-electron chi connectivity index (χ2n) is 3.50. The number of likely N-dealkylation sites (tertiary alicyclic amines) is 1. The molecule has 0 aromatic heterocycles. The molecule has 68 valence electrons. The summed E-state index contributed by atoms with van der Waals surface area (Å²) in [6, 6.07) is 10.0. The molecule has 0 bridgehead atoms. The second-order valence-corrected chi connectivity index (χ2v) is 3.89. The summed E-state index contributed by atoms with van der Waals surface area (Å²) >= 11 is 5.22. The van der Waals surface area contributed by atoms with Crippen molar-refractivity contribution in [1.29, 1.82) is 0 Å². The van der Waals surface area contributed by atoms with Crippen molar-refractivity contribution in [2.45, 2.75) is 5.54 Å². The van der Waals surface area contributed by atoms with E-state index in [9.17, 15) is 0 Å². The normalized spacial score (nSPS) is 27.2. The van der Waals surface area contributed by atoms with Gasteiger partial charge in [0, 0.05) is 13.6 Å². The van der Waals surface area contributed by atoms with E-state index in [1.54, 1.807) is 0 Å². The Morgan fingerprint density at radius 1 is 1.38 bits per heavy atom. The summed E-state index contributed by atoms with van der Waals surface area (Å²) < 4.78 is 0. The first kappa shape index (κ1) is 8.66. The summed E-state index contributed by atoms with van der Waals surface area (Å²) in [6.45, 7) is 0.815. The van der Waals surface area contributed by atoms with Gasteiger partial charge >= 0.3 is 0 Å². The van der Waals surface area contributed by atoms with E-state index in [1.165, 1.54) is 0 Å². The summed E-state index contributed by atoms with van der Waals surface area (Å²) in [6.07, 6.45) is 0. The molecular formula is C10H12N2S. The van der Waals surface area contributed by atoms with Crippen LogP contribution in [0.4, 0.5) is 0 Å². The van der Waals surface area contributed by atoms with E-state index in [4.69, 9.17) is 18.0 Å². The van der Waals surface area contributed by atoms with Crippen LogP contribution in [0.2, 0.25) is 0 Å². The highest BCUT2D eigenvalue weighted by Crippen LogP contribution is 2.30. The third-order valence-electron chi connectivity index (χ3n) is 2.50. The highest BCUT2D eigenvalue weighted by molar-refractivity contribution is 7.80. The van der Waals surface area contributed by atoms with Gasteiger partial charge in [0.1, 0.15) is 10.5 Å². The molecule has 2 N–H and O–H groups in total. The largest absolute Gasteiger partial charge is 0.365 e. The molecule has 1 fully saturated rings. The zero-order chi connectivity index (χ0) is 9.47. The van der Waals surface area contributed by atoms with Crippen LogP contribution in [0.15, 0.2) is 30.3 Å². The molecule has 0 saturated carbocycles. The predicted molar refractivity (Wildman–Crippen MR) is 57.5 cm³/mol. The van der Waals surface area contributed by atoms with Gasteiger partial charge in [-0.2, -0.15) is 0 Å². The zero-order valence-electron chi connectivity index (χ0n) is 7.53. The van der Waals surface area contributed by atoms with Crippen LogP contribution in [0.1, 0.15) is 5.56 Å². The lowest BCUT2D eigenvalue weighted by molar-refractivity contribution is 0.304. The Hall–Kier alpha value is -0.930. The summed E-state index contributed by atoms with van der Waals surface area (Å²) in [5.41, 5.74) is 6.89. The third-order valence-corrected chi connectivity index (χ3v) is 3.18. The van der Waals surface area contributed by atoms with E-state index in [-0.39, 0.29) is 0 Å². The van der Waals surface area contributed by atoms with Gasteiger partial charge in [-0.15, -0.1) is 0 Å². The fourth-order valence-corrected chi connectivity index (χ4v) is 1.96. The highest BCUT2D eigenvalue weighted by atomic mass is 32.1. The lowest BCUT2D eigenvalue weighted by atomic mass is 9.84. The zero-order valence-corrected chi connectivity index (χ0v) is 8.34. The third kappa shape index (κ3) is 1.16. The lowest BCUT2D eigenvalue weighted by Crippen LogP contribution is -2.66. The number of hydrogen-bond acceptors (Lipinski definition) is 2. The van der Waals surface area contributed by atoms with Crippen LogP contribution in [0.3, 0.4) is 0 Å². The fourth-order valence-electron chi connectivity index (χ4n) is 1.71. The molecule has 1 heterocycles. The summed E-state index contributed by atoms with van der Waals surface area (Å²) in [5.74, 6) is 0. The maximum atomic E-state index is 6.18. The van der Waals surface area contributed by atoms with E-state index in [1.807, 2.05) is 42.3 Å². The average molecular weight is 192 g/mol. The van der Waals surface area contributed by atoms with Gasteiger partial charge in [0.15, 0.2) is 0 Å². The maximum absolute atomic E-state index is 6.18. The van der Waals surface area contributed by atoms with Gasteiger partial charge in [0.05, 0.1) is 0 Å². The predicted octanol–water partition coefficient (Wildman–Crippen LogP) is 1.11. The Labute approximate surface area is 83.3 Å². The number of rotatable bonds is 1. The van der Waals surface area contributed by atoms with Crippen LogP contribution >= 0.6 is 12.2 Å². The van der Waals surface area contributed by atoms with E-state index in [0.29, 0.717) is 0 Å². The van der Waals surface area contributed by atoms with E-state index >= 15 is 0 Å². The van der Waals surface area contributed by atoms with Gasteiger partial charge in [0.25, 0.3) is 0 Å². The Morgan fingerprint density at radius 3 is 2.46 bits per heavy atom. The molecule has 2 rings (SSSR count). The number of hydrogen-bond donors (Lipinski definition) is 1. The quantitative estimate of drug-likeness (QED) is 0.676. The summed E-state index contributed by atoms with van der Waals surface area (Å²) in [7, 11) is 1.97. The molecule has 1 saturated heterocycles. The van der Waals surface area contributed by atoms with Crippen molar-refractivity contribution in [3.05, 3.63) is 35.9 Å². The monoisotopic (exact) mass is 192 g/mol. The molecule has 0 unspecified atom stereocenters. The second kappa shape index (κ2) is 2.79. The van der Waals surface area contributed by atoms with Gasteiger partial charge in [-0.05, 0) is 5.56 Å². The molecule has 0 amide bonds. The standard InChI is InChI=1S/C10H12N2S/c1-12-7-10(11,9(12)13)8-5-3-2-4-6-8/h2-6H,7,11H2,1H3/t10-/m1/s1. The number of benzene rings is 1. The smallest absolute Gasteiger partial charge is 0.110 e. The van der Waals surface area contributed by atoms with Gasteiger partial charge in [-0.25, -0.2) is 0 Å². The Morgan fingerprint density at radius 2 is 2.00 bits per heavy atom. The Balaban J connectivity index is 2.33. The minimum atomic E-state index is -0.397. The molecule has 13 heavy (non-hydrogen) atoms. The van der Waals surface area contributed by atoms with Gasteiger partial charge in [-0.3, -0.25) is 0 Å². The van der Waals surface area contributed by atoms with Crippen molar-refractivity contribution >= 4 is 17.2 Å². The molecular weight excluding hydrogens is 180 g/mol. The molecule has 1 aliphatic rings. The van der Waals surface area contributed by atoms with Gasteiger partial charge in [-0.1, -0.05) is 42.5 Å². The molecule has 0 radical (unpaired) electrons. The van der Waals surface area contributed by atoms with Crippen LogP contribution in [-0.4, -0.2) is 23.5 Å². The summed E-state index contributed by atoms with van der Waals surface area (Å²) in [5, 5.41) is 0. The number of likely N-dealkylation sites (N-methyl/N-ethyl adjacent to an activating group) is 1. The van der Waals surface area contributed by atoms with Crippen molar-refractivity contribution in [1.82, 2.24) is 4.90 Å². The minimum Gasteiger partial charge on any atom is -0.365 e. The van der Waals surface area contributed by atoms with Crippen molar-refractivity contribution in [3.8, 4) is 0 Å². The van der Waals surface area contributed by atoms with Crippen LogP contribution in [0.25, 0.3) is 0 Å². The van der Waals surface area contributed by atoms with Crippen molar-refractivity contribution < 1.29 is 0 Å². The first-order valence-electron chi connectivity index (χ1n) is 4.24. The maximum Gasteiger partial charge on any atom is 0.110 e. The molecule has 1 aromatic rings. The molecule has 3 heteroatoms. The molecule has 1 atom stereocenters. The van der Waals surface area contributed by atoms with Crippen LogP contribution in [0.5, 0.6) is 0 Å². The average Bonchev–Trinajstić information content (AvgIpc) is 2.19. The minimum absolute atomic E-state index is 0.397. The Kier molecular flexibility index (Phi) is 1.86. The van der Waals surface area contributed by atoms with Crippen LogP contribution < -0.4 is 5.73 Å². The van der Waals surface area contributed by atoms with Crippen molar-refractivity contribution in [2.75, 3.05) is 13.6 Å². The van der Waals surface area contributed by atoms with E-state index < -0.39 is 5.54 Å². The first-order valence-corrected chi connectivity index (χ1v) is 4.65. The highest BCUT2D eigenvalue weighted by Gasteiger charge is 2.44. The van der Waals surface area contributed by atoms with Crippen molar-refractivity contribution in [3.63, 3.8) is 0 Å². The van der Waals surface area contributed by atoms with Gasteiger partial charge < -0.3 is 10.6 Å². The summed E-state index contributed by atoms with van der Waals surface area (Å²) in [4.78, 5) is 2.83.